The zero-order valence-electron chi connectivity index (χ0n) is 15.9. The number of hydrogen-bond donors (Lipinski definition) is 2. The molecule has 0 aliphatic carbocycles. The second kappa shape index (κ2) is 8.52. The van der Waals surface area contributed by atoms with Gasteiger partial charge in [-0.2, -0.15) is 4.98 Å². The molecule has 146 valence electrons. The van der Waals surface area contributed by atoms with Crippen LogP contribution < -0.4 is 10.6 Å². The number of halogens is 1. The maximum atomic E-state index is 13.1. The van der Waals surface area contributed by atoms with Crippen molar-refractivity contribution >= 4 is 17.6 Å². The summed E-state index contributed by atoms with van der Waals surface area (Å²) in [5.41, 5.74) is 2.82. The molecule has 4 rings (SSSR count). The summed E-state index contributed by atoms with van der Waals surface area (Å²) in [6.07, 6.45) is 0.746. The Labute approximate surface area is 167 Å². The summed E-state index contributed by atoms with van der Waals surface area (Å²) in [5.74, 6) is 2.12. The molecule has 0 saturated heterocycles. The quantitative estimate of drug-likeness (QED) is 0.464. The van der Waals surface area contributed by atoms with Crippen LogP contribution in [0.4, 0.5) is 22.0 Å². The van der Waals surface area contributed by atoms with Crippen LogP contribution >= 0.6 is 0 Å². The average Bonchev–Trinajstić information content (AvgIpc) is 3.14. The van der Waals surface area contributed by atoms with Crippen LogP contribution in [0.3, 0.4) is 0 Å². The third-order valence-electron chi connectivity index (χ3n) is 4.30. The van der Waals surface area contributed by atoms with Gasteiger partial charge in [0.15, 0.2) is 5.82 Å². The van der Waals surface area contributed by atoms with Gasteiger partial charge in [0.25, 0.3) is 0 Å². The van der Waals surface area contributed by atoms with E-state index < -0.39 is 0 Å². The number of rotatable bonds is 7. The van der Waals surface area contributed by atoms with Crippen molar-refractivity contribution in [1.29, 1.82) is 0 Å². The lowest BCUT2D eigenvalue weighted by Gasteiger charge is -2.10. The Kier molecular flexibility index (Phi) is 5.47. The van der Waals surface area contributed by atoms with Crippen LogP contribution in [0.25, 0.3) is 11.3 Å². The third-order valence-corrected chi connectivity index (χ3v) is 4.30. The maximum absolute atomic E-state index is 13.1. The largest absolute Gasteiger partial charge is 0.370 e. The summed E-state index contributed by atoms with van der Waals surface area (Å²) < 4.78 is 18.1. The number of nitrogens with zero attached hydrogens (tertiary/aromatic N) is 3. The molecule has 4 aromatic rings. The molecule has 0 aliphatic rings. The van der Waals surface area contributed by atoms with E-state index in [0.29, 0.717) is 29.9 Å². The summed E-state index contributed by atoms with van der Waals surface area (Å²) in [6, 6.07) is 20.1. The van der Waals surface area contributed by atoms with Crippen molar-refractivity contribution in [2.75, 3.05) is 17.2 Å². The van der Waals surface area contributed by atoms with Crippen LogP contribution in [0.15, 0.2) is 71.3 Å². The van der Waals surface area contributed by atoms with Crippen LogP contribution in [0.1, 0.15) is 11.3 Å². The summed E-state index contributed by atoms with van der Waals surface area (Å²) in [7, 11) is 0. The molecule has 0 radical (unpaired) electrons. The number of aromatic nitrogens is 3. The molecule has 2 heterocycles. The number of anilines is 3. The van der Waals surface area contributed by atoms with Crippen LogP contribution in [0, 0.1) is 12.7 Å². The molecule has 0 spiro atoms. The van der Waals surface area contributed by atoms with Crippen molar-refractivity contribution in [3.8, 4) is 11.3 Å². The first kappa shape index (κ1) is 18.6. The minimum absolute atomic E-state index is 0.233. The number of hydrogen-bond acceptors (Lipinski definition) is 6. The van der Waals surface area contributed by atoms with Gasteiger partial charge in [0.1, 0.15) is 17.4 Å². The minimum Gasteiger partial charge on any atom is -0.370 e. The first-order chi connectivity index (χ1) is 14.2. The average molecular weight is 389 g/mol. The fraction of sp³-hybridized carbons (Fsp3) is 0.136. The predicted molar refractivity (Wildman–Crippen MR) is 111 cm³/mol. The highest BCUT2D eigenvalue weighted by atomic mass is 19.1. The molecule has 6 nitrogen and oxygen atoms in total. The maximum Gasteiger partial charge on any atom is 0.231 e. The molecule has 2 aromatic carbocycles. The summed E-state index contributed by atoms with van der Waals surface area (Å²) in [6.45, 7) is 2.47. The lowest BCUT2D eigenvalue weighted by atomic mass is 10.1. The van der Waals surface area contributed by atoms with Gasteiger partial charge in [0, 0.05) is 24.2 Å². The van der Waals surface area contributed by atoms with Gasteiger partial charge in [-0.3, -0.25) is 0 Å². The Balaban J connectivity index is 1.54. The third kappa shape index (κ3) is 4.95. The Hall–Kier alpha value is -3.74. The van der Waals surface area contributed by atoms with Crippen LogP contribution in [0.5, 0.6) is 0 Å². The van der Waals surface area contributed by atoms with E-state index in [2.05, 4.69) is 25.8 Å². The normalized spacial score (nSPS) is 10.7. The van der Waals surface area contributed by atoms with Crippen molar-refractivity contribution in [2.45, 2.75) is 13.3 Å². The van der Waals surface area contributed by atoms with Crippen molar-refractivity contribution in [3.05, 3.63) is 83.9 Å². The van der Waals surface area contributed by atoms with E-state index in [1.54, 1.807) is 18.2 Å². The molecule has 0 bridgehead atoms. The number of aryl methyl sites for hydroxylation is 1. The van der Waals surface area contributed by atoms with Gasteiger partial charge in [-0.25, -0.2) is 9.37 Å². The topological polar surface area (TPSA) is 75.9 Å². The molecule has 0 atom stereocenters. The fourth-order valence-corrected chi connectivity index (χ4v) is 2.88. The molecule has 0 amide bonds. The minimum atomic E-state index is -0.233. The Morgan fingerprint density at radius 2 is 1.72 bits per heavy atom. The molecule has 2 N–H and O–H groups in total. The van der Waals surface area contributed by atoms with E-state index >= 15 is 0 Å². The van der Waals surface area contributed by atoms with Gasteiger partial charge in [0.05, 0.1) is 5.69 Å². The van der Waals surface area contributed by atoms with Gasteiger partial charge >= 0.3 is 0 Å². The highest BCUT2D eigenvalue weighted by Crippen LogP contribution is 2.23. The van der Waals surface area contributed by atoms with E-state index in [4.69, 9.17) is 4.52 Å². The van der Waals surface area contributed by atoms with Crippen LogP contribution in [-0.4, -0.2) is 21.7 Å². The van der Waals surface area contributed by atoms with Crippen LogP contribution in [0.2, 0.25) is 0 Å². The molecule has 2 aromatic heterocycles. The Morgan fingerprint density at radius 1 is 0.931 bits per heavy atom. The SMILES string of the molecule is Cc1cc(Nc2nc(NCCc3ccc(F)cc3)cc(-c3ccccc3)n2)no1. The van der Waals surface area contributed by atoms with E-state index in [9.17, 15) is 4.39 Å². The first-order valence-electron chi connectivity index (χ1n) is 9.29. The smallest absolute Gasteiger partial charge is 0.231 e. The van der Waals surface area contributed by atoms with Gasteiger partial charge in [-0.05, 0) is 31.0 Å². The molecule has 0 aliphatic heterocycles. The second-order valence-electron chi connectivity index (χ2n) is 6.58. The Bertz CT molecular complexity index is 1080. The van der Waals surface area contributed by atoms with E-state index in [1.807, 2.05) is 43.3 Å². The van der Waals surface area contributed by atoms with Crippen molar-refractivity contribution in [2.24, 2.45) is 0 Å². The van der Waals surface area contributed by atoms with E-state index in [1.165, 1.54) is 12.1 Å². The van der Waals surface area contributed by atoms with E-state index in [0.717, 1.165) is 23.2 Å². The highest BCUT2D eigenvalue weighted by molar-refractivity contribution is 5.65. The molecule has 7 heteroatoms. The van der Waals surface area contributed by atoms with Gasteiger partial charge < -0.3 is 15.2 Å². The molecule has 0 fully saturated rings. The predicted octanol–water partition coefficient (Wildman–Crippen LogP) is 4.98. The van der Waals surface area contributed by atoms with Crippen molar-refractivity contribution < 1.29 is 8.91 Å². The number of nitrogens with one attached hydrogen (secondary N) is 2. The summed E-state index contributed by atoms with van der Waals surface area (Å²) in [5, 5.41) is 10.3. The fourth-order valence-electron chi connectivity index (χ4n) is 2.88. The van der Waals surface area contributed by atoms with Crippen molar-refractivity contribution in [1.82, 2.24) is 15.1 Å². The zero-order chi connectivity index (χ0) is 20.1. The molecule has 29 heavy (non-hydrogen) atoms. The van der Waals surface area contributed by atoms with Crippen LogP contribution in [-0.2, 0) is 6.42 Å². The number of benzene rings is 2. The molecular formula is C22H20FN5O. The molecule has 0 unspecified atom stereocenters. The van der Waals surface area contributed by atoms with Gasteiger partial charge in [-0.1, -0.05) is 47.6 Å². The lowest BCUT2D eigenvalue weighted by Crippen LogP contribution is -2.09. The van der Waals surface area contributed by atoms with Crippen molar-refractivity contribution in [3.63, 3.8) is 0 Å². The highest BCUT2D eigenvalue weighted by Gasteiger charge is 2.09. The molecular weight excluding hydrogens is 369 g/mol. The first-order valence-corrected chi connectivity index (χ1v) is 9.29. The monoisotopic (exact) mass is 389 g/mol. The Morgan fingerprint density at radius 3 is 2.45 bits per heavy atom. The standard InChI is InChI=1S/C22H20FN5O/c1-15-13-21(28-29-15)27-22-25-19(17-5-3-2-4-6-17)14-20(26-22)24-12-11-16-7-9-18(23)10-8-16/h2-10,13-14H,11-12H2,1H3,(H2,24,25,26,27,28). The zero-order valence-corrected chi connectivity index (χ0v) is 15.9. The second-order valence-corrected chi connectivity index (χ2v) is 6.58. The van der Waals surface area contributed by atoms with Gasteiger partial charge in [0.2, 0.25) is 5.95 Å². The summed E-state index contributed by atoms with van der Waals surface area (Å²) >= 11 is 0. The lowest BCUT2D eigenvalue weighted by molar-refractivity contribution is 0.400. The van der Waals surface area contributed by atoms with E-state index in [-0.39, 0.29) is 5.82 Å². The molecule has 0 saturated carbocycles. The van der Waals surface area contributed by atoms with Gasteiger partial charge in [-0.15, -0.1) is 0 Å². The summed E-state index contributed by atoms with van der Waals surface area (Å²) in [4.78, 5) is 9.13.